The van der Waals surface area contributed by atoms with Crippen molar-refractivity contribution in [2.24, 2.45) is 0 Å². The van der Waals surface area contributed by atoms with E-state index < -0.39 is 5.41 Å². The first kappa shape index (κ1) is 13.8. The predicted octanol–water partition coefficient (Wildman–Crippen LogP) is 3.44. The van der Waals surface area contributed by atoms with Gasteiger partial charge in [-0.3, -0.25) is 4.68 Å². The molecular weight excluding hydrogens is 256 g/mol. The van der Waals surface area contributed by atoms with Crippen LogP contribution in [0.4, 0.5) is 0 Å². The second kappa shape index (κ2) is 4.78. The summed E-state index contributed by atoms with van der Waals surface area (Å²) in [6.07, 6.45) is 0. The van der Waals surface area contributed by atoms with Crippen molar-refractivity contribution in [2.75, 3.05) is 0 Å². The molecule has 0 aromatic carbocycles. The molecule has 2 aromatic heterocycles. The van der Waals surface area contributed by atoms with E-state index in [9.17, 15) is 5.26 Å². The number of nitriles is 1. The van der Waals surface area contributed by atoms with Crippen LogP contribution in [0, 0.1) is 25.2 Å². The van der Waals surface area contributed by atoms with Gasteiger partial charge in [0.25, 0.3) is 0 Å². The van der Waals surface area contributed by atoms with Crippen molar-refractivity contribution < 1.29 is 0 Å². The zero-order chi connectivity index (χ0) is 14.2. The Morgan fingerprint density at radius 2 is 2.11 bits per heavy atom. The first-order valence-electron chi connectivity index (χ1n) is 6.32. The Bertz CT molecular complexity index is 643. The lowest BCUT2D eigenvalue weighted by Gasteiger charge is -2.10. The van der Waals surface area contributed by atoms with Crippen molar-refractivity contribution in [1.29, 1.82) is 5.26 Å². The van der Waals surface area contributed by atoms with Gasteiger partial charge in [0.15, 0.2) is 0 Å². The highest BCUT2D eigenvalue weighted by Crippen LogP contribution is 2.32. The highest BCUT2D eigenvalue weighted by molar-refractivity contribution is 7.10. The van der Waals surface area contributed by atoms with Gasteiger partial charge in [-0.15, -0.1) is 11.3 Å². The van der Waals surface area contributed by atoms with Gasteiger partial charge in [-0.05, 0) is 34.6 Å². The van der Waals surface area contributed by atoms with Crippen LogP contribution in [-0.4, -0.2) is 14.8 Å². The molecule has 0 saturated carbocycles. The molecule has 19 heavy (non-hydrogen) atoms. The Kier molecular flexibility index (Phi) is 3.46. The number of rotatable bonds is 3. The van der Waals surface area contributed by atoms with E-state index in [1.807, 2.05) is 30.8 Å². The predicted molar refractivity (Wildman–Crippen MR) is 77.1 cm³/mol. The first-order chi connectivity index (χ1) is 8.90. The smallest absolute Gasteiger partial charge is 0.113 e. The third-order valence-corrected chi connectivity index (χ3v) is 4.42. The Labute approximate surface area is 117 Å². The molecule has 0 amide bonds. The largest absolute Gasteiger partial charge is 0.269 e. The molecule has 100 valence electrons. The fourth-order valence-electron chi connectivity index (χ4n) is 2.10. The van der Waals surface area contributed by atoms with E-state index in [1.165, 1.54) is 11.3 Å². The molecule has 2 heterocycles. The van der Waals surface area contributed by atoms with Gasteiger partial charge >= 0.3 is 0 Å². The van der Waals surface area contributed by atoms with Crippen LogP contribution >= 0.6 is 11.3 Å². The summed E-state index contributed by atoms with van der Waals surface area (Å²) in [7, 11) is 0. The quantitative estimate of drug-likeness (QED) is 0.861. The summed E-state index contributed by atoms with van der Waals surface area (Å²) in [5, 5.41) is 16.6. The van der Waals surface area contributed by atoms with Gasteiger partial charge in [0.2, 0.25) is 0 Å². The summed E-state index contributed by atoms with van der Waals surface area (Å²) in [6, 6.07) is 2.30. The number of hydrogen-bond acceptors (Lipinski definition) is 4. The standard InChI is InChI=1S/C14H18N4S/c1-6-18-10(3)12(9(2)17-18)11-7-19-13(16-11)14(4,5)8-15/h7H,6H2,1-5H3. The second-order valence-electron chi connectivity index (χ2n) is 5.14. The number of hydrogen-bond donors (Lipinski definition) is 0. The fourth-order valence-corrected chi connectivity index (χ4v) is 2.98. The summed E-state index contributed by atoms with van der Waals surface area (Å²) in [5.41, 5.74) is 3.61. The number of aromatic nitrogens is 3. The van der Waals surface area contributed by atoms with Crippen molar-refractivity contribution >= 4 is 11.3 Å². The minimum Gasteiger partial charge on any atom is -0.269 e. The van der Waals surface area contributed by atoms with Gasteiger partial charge in [0.1, 0.15) is 10.4 Å². The highest BCUT2D eigenvalue weighted by atomic mass is 32.1. The molecule has 0 N–H and O–H groups in total. The summed E-state index contributed by atoms with van der Waals surface area (Å²) in [5.74, 6) is 0. The molecule has 4 nitrogen and oxygen atoms in total. The SMILES string of the molecule is CCn1nc(C)c(-c2csc(C(C)(C)C#N)n2)c1C. The van der Waals surface area contributed by atoms with Crippen LogP contribution in [0.25, 0.3) is 11.3 Å². The zero-order valence-corrected chi connectivity index (χ0v) is 12.8. The lowest BCUT2D eigenvalue weighted by atomic mass is 9.97. The normalized spacial score (nSPS) is 11.6. The molecule has 0 spiro atoms. The Hall–Kier alpha value is -1.67. The minimum atomic E-state index is -0.536. The molecular formula is C14H18N4S. The van der Waals surface area contributed by atoms with E-state index in [0.717, 1.165) is 34.2 Å². The van der Waals surface area contributed by atoms with Gasteiger partial charge in [0.05, 0.1) is 17.5 Å². The monoisotopic (exact) mass is 274 g/mol. The molecule has 0 bridgehead atoms. The third-order valence-electron chi connectivity index (χ3n) is 3.26. The molecule has 5 heteroatoms. The van der Waals surface area contributed by atoms with Crippen LogP contribution in [-0.2, 0) is 12.0 Å². The lowest BCUT2D eigenvalue weighted by Crippen LogP contribution is -2.13. The van der Waals surface area contributed by atoms with Crippen LogP contribution in [0.15, 0.2) is 5.38 Å². The van der Waals surface area contributed by atoms with E-state index in [2.05, 4.69) is 30.0 Å². The fraction of sp³-hybridized carbons (Fsp3) is 0.500. The van der Waals surface area contributed by atoms with Crippen LogP contribution in [0.5, 0.6) is 0 Å². The molecule has 0 unspecified atom stereocenters. The Morgan fingerprint density at radius 3 is 2.63 bits per heavy atom. The number of nitrogens with zero attached hydrogens (tertiary/aromatic N) is 4. The summed E-state index contributed by atoms with van der Waals surface area (Å²) in [6.45, 7) is 10.8. The summed E-state index contributed by atoms with van der Waals surface area (Å²) < 4.78 is 1.99. The van der Waals surface area contributed by atoms with Gasteiger partial charge in [-0.2, -0.15) is 10.4 Å². The highest BCUT2D eigenvalue weighted by Gasteiger charge is 2.25. The number of aryl methyl sites for hydroxylation is 2. The maximum absolute atomic E-state index is 9.18. The van der Waals surface area contributed by atoms with E-state index in [1.54, 1.807) is 0 Å². The maximum atomic E-state index is 9.18. The van der Waals surface area contributed by atoms with E-state index in [4.69, 9.17) is 0 Å². The van der Waals surface area contributed by atoms with Gasteiger partial charge in [-0.1, -0.05) is 0 Å². The molecule has 0 fully saturated rings. The molecule has 2 aromatic rings. The second-order valence-corrected chi connectivity index (χ2v) is 5.99. The van der Waals surface area contributed by atoms with Gasteiger partial charge in [-0.25, -0.2) is 4.98 Å². The topological polar surface area (TPSA) is 54.5 Å². The summed E-state index contributed by atoms with van der Waals surface area (Å²) >= 11 is 1.54. The Morgan fingerprint density at radius 1 is 1.42 bits per heavy atom. The van der Waals surface area contributed by atoms with E-state index in [0.29, 0.717) is 0 Å². The molecule has 0 aliphatic carbocycles. The lowest BCUT2D eigenvalue weighted by molar-refractivity contribution is 0.634. The zero-order valence-electron chi connectivity index (χ0n) is 12.0. The molecule has 0 atom stereocenters. The molecule has 0 aliphatic heterocycles. The van der Waals surface area contributed by atoms with Crippen molar-refractivity contribution in [1.82, 2.24) is 14.8 Å². The summed E-state index contributed by atoms with van der Waals surface area (Å²) in [4.78, 5) is 4.63. The maximum Gasteiger partial charge on any atom is 0.113 e. The molecule has 0 aliphatic rings. The molecule has 0 saturated heterocycles. The van der Waals surface area contributed by atoms with E-state index >= 15 is 0 Å². The van der Waals surface area contributed by atoms with Gasteiger partial charge < -0.3 is 0 Å². The van der Waals surface area contributed by atoms with Crippen molar-refractivity contribution in [3.05, 3.63) is 21.8 Å². The molecule has 0 radical (unpaired) electrons. The van der Waals surface area contributed by atoms with Crippen LogP contribution < -0.4 is 0 Å². The molecule has 2 rings (SSSR count). The van der Waals surface area contributed by atoms with Crippen molar-refractivity contribution in [2.45, 2.75) is 46.6 Å². The van der Waals surface area contributed by atoms with Crippen molar-refractivity contribution in [3.8, 4) is 17.3 Å². The van der Waals surface area contributed by atoms with Crippen LogP contribution in [0.3, 0.4) is 0 Å². The average Bonchev–Trinajstić information content (AvgIpc) is 2.94. The van der Waals surface area contributed by atoms with Crippen molar-refractivity contribution in [3.63, 3.8) is 0 Å². The average molecular weight is 274 g/mol. The van der Waals surface area contributed by atoms with E-state index in [-0.39, 0.29) is 0 Å². The van der Waals surface area contributed by atoms with Gasteiger partial charge in [0, 0.05) is 23.2 Å². The van der Waals surface area contributed by atoms with Crippen LogP contribution in [0.2, 0.25) is 0 Å². The first-order valence-corrected chi connectivity index (χ1v) is 7.20. The number of thiazole rings is 1. The third kappa shape index (κ3) is 2.28. The van der Waals surface area contributed by atoms with Crippen LogP contribution in [0.1, 0.15) is 37.2 Å². The Balaban J connectivity index is 2.51. The minimum absolute atomic E-state index is 0.536.